The number of hydrogen-bond donors (Lipinski definition) is 1. The number of fused-ring (bicyclic) bond motifs is 1. The molecule has 0 saturated heterocycles. The molecule has 0 aliphatic rings. The third-order valence-corrected chi connectivity index (χ3v) is 7.22. The average molecular weight is 543 g/mol. The number of carboxylic acid groups (broad SMARTS) is 1. The predicted octanol–water partition coefficient (Wildman–Crippen LogP) is 2.06. The first-order valence-corrected chi connectivity index (χ1v) is 12.0. The molecule has 0 unspecified atom stereocenters. The second-order valence-corrected chi connectivity index (χ2v) is 9.80. The second kappa shape index (κ2) is 10.7. The van der Waals surface area contributed by atoms with Crippen molar-refractivity contribution >= 4 is 27.5 Å². The number of rotatable bonds is 7. The number of carboxylic acids is 1. The van der Waals surface area contributed by atoms with Crippen LogP contribution in [0.3, 0.4) is 0 Å². The van der Waals surface area contributed by atoms with Crippen LogP contribution in [0.4, 0.5) is 19.0 Å². The van der Waals surface area contributed by atoms with Crippen LogP contribution in [-0.4, -0.2) is 35.2 Å². The van der Waals surface area contributed by atoms with Gasteiger partial charge in [-0.05, 0) is 67.4 Å². The summed E-state index contributed by atoms with van der Waals surface area (Å²) < 4.78 is 71.7. The van der Waals surface area contributed by atoms with Gasteiger partial charge in [0.25, 0.3) is 10.0 Å². The smallest absolute Gasteiger partial charge is 1.00 e. The van der Waals surface area contributed by atoms with Crippen molar-refractivity contribution in [3.05, 3.63) is 89.2 Å². The fourth-order valence-electron chi connectivity index (χ4n) is 3.68. The number of imidazole rings is 1. The SMILES string of the molecule is Cc1cccn2c(C)c(N(Cc3ccc(OC(F)(F)F)cc3)S(=O)(=O)c3ccc(C(=O)O)cc3)nc12.[H-].[Na+]. The summed E-state index contributed by atoms with van der Waals surface area (Å²) in [7, 11) is -4.26. The molecule has 2 heterocycles. The van der Waals surface area contributed by atoms with E-state index in [1.54, 1.807) is 23.6 Å². The van der Waals surface area contributed by atoms with Crippen LogP contribution in [0.5, 0.6) is 5.75 Å². The second-order valence-electron chi connectivity index (χ2n) is 7.94. The van der Waals surface area contributed by atoms with E-state index in [1.807, 2.05) is 13.0 Å². The van der Waals surface area contributed by atoms with E-state index >= 15 is 0 Å². The Morgan fingerprint density at radius 3 is 2.24 bits per heavy atom. The molecule has 0 aliphatic carbocycles. The Labute approximate surface area is 234 Å². The van der Waals surface area contributed by atoms with Gasteiger partial charge in [0.05, 0.1) is 22.7 Å². The minimum absolute atomic E-state index is 0. The molecule has 0 bridgehead atoms. The molecule has 1 N–H and O–H groups in total. The van der Waals surface area contributed by atoms with Gasteiger partial charge in [0.2, 0.25) is 0 Å². The number of alkyl halides is 3. The molecule has 13 heteroatoms. The number of aryl methyl sites for hydroxylation is 2. The summed E-state index contributed by atoms with van der Waals surface area (Å²) in [5.74, 6) is -1.52. The number of sulfonamides is 1. The third kappa shape index (κ3) is 6.09. The van der Waals surface area contributed by atoms with Crippen LogP contribution in [0.2, 0.25) is 0 Å². The van der Waals surface area contributed by atoms with E-state index < -0.39 is 28.1 Å². The number of pyridine rings is 1. The van der Waals surface area contributed by atoms with E-state index in [2.05, 4.69) is 9.72 Å². The van der Waals surface area contributed by atoms with Gasteiger partial charge in [-0.2, -0.15) is 0 Å². The van der Waals surface area contributed by atoms with Gasteiger partial charge >= 0.3 is 41.9 Å². The van der Waals surface area contributed by atoms with Gasteiger partial charge in [0.1, 0.15) is 11.4 Å². The molecule has 8 nitrogen and oxygen atoms in total. The van der Waals surface area contributed by atoms with E-state index in [4.69, 9.17) is 5.11 Å². The van der Waals surface area contributed by atoms with Crippen LogP contribution in [-0.2, 0) is 16.6 Å². The summed E-state index contributed by atoms with van der Waals surface area (Å²) in [6, 6.07) is 13.2. The summed E-state index contributed by atoms with van der Waals surface area (Å²) in [5, 5.41) is 9.14. The zero-order valence-electron chi connectivity index (χ0n) is 21.0. The molecule has 4 rings (SSSR count). The average Bonchev–Trinajstić information content (AvgIpc) is 3.15. The summed E-state index contributed by atoms with van der Waals surface area (Å²) in [4.78, 5) is 15.6. The van der Waals surface area contributed by atoms with Gasteiger partial charge in [0.15, 0.2) is 5.82 Å². The minimum atomic E-state index is -4.86. The number of nitrogens with zero attached hydrogens (tertiary/aromatic N) is 3. The number of aromatic nitrogens is 2. The van der Waals surface area contributed by atoms with Crippen LogP contribution in [0.25, 0.3) is 5.65 Å². The van der Waals surface area contributed by atoms with Crippen LogP contribution in [0.15, 0.2) is 71.8 Å². The summed E-state index contributed by atoms with van der Waals surface area (Å²) in [6.07, 6.45) is -3.12. The monoisotopic (exact) mass is 543 g/mol. The van der Waals surface area contributed by atoms with E-state index in [9.17, 15) is 26.4 Å². The molecule has 190 valence electrons. The number of halogens is 3. The van der Waals surface area contributed by atoms with Gasteiger partial charge < -0.3 is 15.7 Å². The summed E-state index contributed by atoms with van der Waals surface area (Å²) in [5.41, 5.74) is 2.17. The maximum atomic E-state index is 13.7. The van der Waals surface area contributed by atoms with Crippen molar-refractivity contribution in [2.45, 2.75) is 31.7 Å². The van der Waals surface area contributed by atoms with Crippen LogP contribution >= 0.6 is 0 Å². The van der Waals surface area contributed by atoms with E-state index in [-0.39, 0.29) is 53.8 Å². The van der Waals surface area contributed by atoms with Gasteiger partial charge in [-0.3, -0.25) is 0 Å². The van der Waals surface area contributed by atoms with Crippen LogP contribution < -0.4 is 38.6 Å². The molecule has 2 aromatic heterocycles. The van der Waals surface area contributed by atoms with Crippen molar-refractivity contribution < 1.29 is 67.2 Å². The number of hydrogen-bond acceptors (Lipinski definition) is 5. The van der Waals surface area contributed by atoms with Crippen LogP contribution in [0.1, 0.15) is 28.6 Å². The maximum Gasteiger partial charge on any atom is 1.00 e. The van der Waals surface area contributed by atoms with Gasteiger partial charge in [-0.15, -0.1) is 13.2 Å². The molecule has 0 saturated carbocycles. The van der Waals surface area contributed by atoms with Crippen molar-refractivity contribution in [2.75, 3.05) is 4.31 Å². The predicted molar refractivity (Wildman–Crippen MR) is 126 cm³/mol. The van der Waals surface area contributed by atoms with Gasteiger partial charge in [-0.1, -0.05) is 18.2 Å². The number of aromatic carboxylic acids is 1. The molecule has 0 atom stereocenters. The molecule has 4 aromatic rings. The van der Waals surface area contributed by atoms with Gasteiger partial charge in [-0.25, -0.2) is 22.5 Å². The number of ether oxygens (including phenoxy) is 1. The molecule has 2 aromatic carbocycles. The largest absolute Gasteiger partial charge is 1.00 e. The van der Waals surface area contributed by atoms with Gasteiger partial charge in [0, 0.05) is 6.20 Å². The first-order valence-electron chi connectivity index (χ1n) is 10.5. The van der Waals surface area contributed by atoms with Crippen molar-refractivity contribution in [1.82, 2.24) is 9.38 Å². The Hall–Kier alpha value is -3.06. The minimum Gasteiger partial charge on any atom is -1.00 e. The molecule has 0 spiro atoms. The first kappa shape index (κ1) is 28.5. The Bertz CT molecular complexity index is 1540. The maximum absolute atomic E-state index is 13.7. The molecular weight excluding hydrogens is 522 g/mol. The topological polar surface area (TPSA) is 101 Å². The normalized spacial score (nSPS) is 11.7. The summed E-state index contributed by atoms with van der Waals surface area (Å²) >= 11 is 0. The Morgan fingerprint density at radius 2 is 1.70 bits per heavy atom. The molecule has 0 amide bonds. The fraction of sp³-hybridized carbons (Fsp3) is 0.167. The van der Waals surface area contributed by atoms with Crippen molar-refractivity contribution in [3.63, 3.8) is 0 Å². The molecule has 0 fully saturated rings. The third-order valence-electron chi connectivity index (χ3n) is 5.47. The zero-order valence-corrected chi connectivity index (χ0v) is 22.8. The Morgan fingerprint density at radius 1 is 1.08 bits per heavy atom. The fourth-order valence-corrected chi connectivity index (χ4v) is 5.13. The summed E-state index contributed by atoms with van der Waals surface area (Å²) in [6.45, 7) is 3.28. The number of anilines is 1. The Kier molecular flexibility index (Phi) is 8.27. The molecule has 0 radical (unpaired) electrons. The van der Waals surface area contributed by atoms with Crippen molar-refractivity contribution in [3.8, 4) is 5.75 Å². The van der Waals surface area contributed by atoms with E-state index in [1.165, 1.54) is 36.4 Å². The standard InChI is InChI=1S/C24H20F3N3O5S.Na.H/c1-15-4-3-13-29-16(2)22(28-21(15)29)30(14-17-5-9-19(10-6-17)35-24(25,26)27)36(33,34)20-11-7-18(8-12-20)23(31)32;;/h3-13H,14H2,1-2H3,(H,31,32);;/q;+1;-1. The number of carbonyl (C=O) groups is 1. The molecule has 0 aliphatic heterocycles. The molecular formula is C24H21F3N3NaO5S. The van der Waals surface area contributed by atoms with Crippen molar-refractivity contribution in [1.29, 1.82) is 0 Å². The first-order chi connectivity index (χ1) is 16.9. The van der Waals surface area contributed by atoms with Crippen LogP contribution in [0, 0.1) is 13.8 Å². The Balaban J connectivity index is 0.00000253. The van der Waals surface area contributed by atoms with E-state index in [0.29, 0.717) is 16.9 Å². The molecule has 37 heavy (non-hydrogen) atoms. The zero-order chi connectivity index (χ0) is 26.3. The number of benzene rings is 2. The quantitative estimate of drug-likeness (QED) is 0.358. The van der Waals surface area contributed by atoms with E-state index in [0.717, 1.165) is 22.0 Å². The van der Waals surface area contributed by atoms with Crippen molar-refractivity contribution in [2.24, 2.45) is 0 Å².